The van der Waals surface area contributed by atoms with E-state index in [1.54, 1.807) is 6.20 Å². The van der Waals surface area contributed by atoms with Crippen LogP contribution in [0.3, 0.4) is 0 Å². The van der Waals surface area contributed by atoms with Crippen molar-refractivity contribution in [2.75, 3.05) is 26.2 Å². The quantitative estimate of drug-likeness (QED) is 0.700. The number of likely N-dealkylation sites (tertiary alicyclic amines) is 1. The average Bonchev–Trinajstić information content (AvgIpc) is 3.31. The number of amides is 1. The average molecular weight is 422 g/mol. The van der Waals surface area contributed by atoms with E-state index >= 15 is 0 Å². The second-order valence-corrected chi connectivity index (χ2v) is 9.23. The summed E-state index contributed by atoms with van der Waals surface area (Å²) in [6, 6.07) is 14.9. The third kappa shape index (κ3) is 6.54. The highest BCUT2D eigenvalue weighted by Crippen LogP contribution is 2.25. The first kappa shape index (κ1) is 21.8. The van der Waals surface area contributed by atoms with Gasteiger partial charge >= 0.3 is 0 Å². The van der Waals surface area contributed by atoms with Gasteiger partial charge in [-0.05, 0) is 50.3 Å². The Morgan fingerprint density at radius 3 is 2.68 bits per heavy atom. The van der Waals surface area contributed by atoms with Crippen LogP contribution < -0.4 is 10.1 Å². The number of rotatable bonds is 8. The van der Waals surface area contributed by atoms with Gasteiger partial charge in [-0.3, -0.25) is 9.78 Å². The van der Waals surface area contributed by atoms with Gasteiger partial charge in [0.15, 0.2) is 0 Å². The molecule has 5 heteroatoms. The molecular formula is C26H35N3O2. The highest BCUT2D eigenvalue weighted by Gasteiger charge is 2.33. The lowest BCUT2D eigenvalue weighted by Gasteiger charge is -2.37. The molecule has 1 aromatic heterocycles. The minimum Gasteiger partial charge on any atom is -0.492 e. The summed E-state index contributed by atoms with van der Waals surface area (Å²) in [5, 5.41) is 3.33. The number of benzene rings is 1. The lowest BCUT2D eigenvalue weighted by Crippen LogP contribution is -2.49. The van der Waals surface area contributed by atoms with E-state index in [0.29, 0.717) is 18.6 Å². The van der Waals surface area contributed by atoms with Gasteiger partial charge in [0.2, 0.25) is 5.91 Å². The number of nitrogens with zero attached hydrogens (tertiary/aromatic N) is 2. The van der Waals surface area contributed by atoms with Crippen molar-refractivity contribution in [2.45, 2.75) is 51.5 Å². The van der Waals surface area contributed by atoms with Crippen LogP contribution in [0, 0.1) is 18.8 Å². The van der Waals surface area contributed by atoms with Crippen LogP contribution in [0.15, 0.2) is 48.7 Å². The van der Waals surface area contributed by atoms with Crippen LogP contribution >= 0.6 is 0 Å². The number of aromatic nitrogens is 1. The molecule has 1 N–H and O–H groups in total. The normalized spacial score (nSPS) is 22.4. The Hall–Kier alpha value is -2.40. The molecule has 1 aliphatic heterocycles. The zero-order valence-corrected chi connectivity index (χ0v) is 18.6. The maximum Gasteiger partial charge on any atom is 0.224 e. The summed E-state index contributed by atoms with van der Waals surface area (Å²) in [5.41, 5.74) is 2.33. The number of hydrogen-bond donors (Lipinski definition) is 1. The minimum atomic E-state index is 0.0369. The molecule has 2 heterocycles. The van der Waals surface area contributed by atoms with Gasteiger partial charge in [-0.15, -0.1) is 0 Å². The number of hydrogen-bond acceptors (Lipinski definition) is 4. The van der Waals surface area contributed by atoms with E-state index < -0.39 is 0 Å². The lowest BCUT2D eigenvalue weighted by molar-refractivity contribution is -0.128. The fourth-order valence-electron chi connectivity index (χ4n) is 4.87. The van der Waals surface area contributed by atoms with Gasteiger partial charge in [0.05, 0.1) is 18.7 Å². The second kappa shape index (κ2) is 10.8. The van der Waals surface area contributed by atoms with Crippen molar-refractivity contribution in [1.29, 1.82) is 0 Å². The van der Waals surface area contributed by atoms with Gasteiger partial charge in [0.1, 0.15) is 5.75 Å². The largest absolute Gasteiger partial charge is 0.492 e. The molecule has 0 spiro atoms. The van der Waals surface area contributed by atoms with Crippen molar-refractivity contribution < 1.29 is 9.53 Å². The number of ether oxygens (including phenoxy) is 1. The standard InChI is InChI=1S/C26H35N3O2/c1-20-11-12-25(16-27-20)31-19-22-15-23(26(30)28-24-9-5-6-10-24)18-29(17-22)14-13-21-7-3-2-4-8-21/h2-4,7-8,11-12,16,22-24H,5-6,9-10,13-15,17-19H2,1H3,(H,28,30)/t22-,23+/m0/s1. The number of carbonyl (C=O) groups is 1. The molecule has 0 unspecified atom stereocenters. The van der Waals surface area contributed by atoms with E-state index in [2.05, 4.69) is 45.5 Å². The Balaban J connectivity index is 1.36. The van der Waals surface area contributed by atoms with Crippen LogP contribution in [-0.4, -0.2) is 48.1 Å². The maximum absolute atomic E-state index is 13.0. The predicted octanol–water partition coefficient (Wildman–Crippen LogP) is 4.01. The fourth-order valence-corrected chi connectivity index (χ4v) is 4.87. The summed E-state index contributed by atoms with van der Waals surface area (Å²) in [6.07, 6.45) is 8.41. The van der Waals surface area contributed by atoms with Crippen molar-refractivity contribution in [1.82, 2.24) is 15.2 Å². The Morgan fingerprint density at radius 1 is 1.13 bits per heavy atom. The summed E-state index contributed by atoms with van der Waals surface area (Å²) >= 11 is 0. The van der Waals surface area contributed by atoms with E-state index in [1.807, 2.05) is 19.1 Å². The monoisotopic (exact) mass is 421 g/mol. The van der Waals surface area contributed by atoms with Gasteiger partial charge in [0.25, 0.3) is 0 Å². The first-order valence-electron chi connectivity index (χ1n) is 11.8. The Labute approximate surface area is 186 Å². The van der Waals surface area contributed by atoms with E-state index in [9.17, 15) is 4.79 Å². The maximum atomic E-state index is 13.0. The molecule has 2 aromatic rings. The molecular weight excluding hydrogens is 386 g/mol. The Morgan fingerprint density at radius 2 is 1.94 bits per heavy atom. The van der Waals surface area contributed by atoms with Gasteiger partial charge in [0, 0.05) is 37.3 Å². The molecule has 2 fully saturated rings. The van der Waals surface area contributed by atoms with E-state index in [0.717, 1.165) is 56.8 Å². The lowest BCUT2D eigenvalue weighted by atomic mass is 9.88. The summed E-state index contributed by atoms with van der Waals surface area (Å²) in [5.74, 6) is 1.41. The summed E-state index contributed by atoms with van der Waals surface area (Å²) < 4.78 is 6.05. The molecule has 1 amide bonds. The molecule has 2 atom stereocenters. The van der Waals surface area contributed by atoms with E-state index in [1.165, 1.54) is 18.4 Å². The van der Waals surface area contributed by atoms with E-state index in [-0.39, 0.29) is 11.8 Å². The zero-order valence-electron chi connectivity index (χ0n) is 18.6. The zero-order chi connectivity index (χ0) is 21.5. The molecule has 1 saturated heterocycles. The highest BCUT2D eigenvalue weighted by atomic mass is 16.5. The number of aryl methyl sites for hydroxylation is 1. The van der Waals surface area contributed by atoms with Crippen LogP contribution in [0.2, 0.25) is 0 Å². The van der Waals surface area contributed by atoms with Gasteiger partial charge in [-0.2, -0.15) is 0 Å². The first-order valence-corrected chi connectivity index (χ1v) is 11.8. The third-order valence-corrected chi connectivity index (χ3v) is 6.61. The predicted molar refractivity (Wildman–Crippen MR) is 123 cm³/mol. The van der Waals surface area contributed by atoms with Gasteiger partial charge in [-0.25, -0.2) is 0 Å². The number of piperidine rings is 1. The SMILES string of the molecule is Cc1ccc(OC[C@H]2C[C@@H](C(=O)NC3CCCC3)CN(CCc3ccccc3)C2)cn1. The van der Waals surface area contributed by atoms with Crippen molar-refractivity contribution in [3.8, 4) is 5.75 Å². The van der Waals surface area contributed by atoms with Crippen molar-refractivity contribution in [2.24, 2.45) is 11.8 Å². The summed E-state index contributed by atoms with van der Waals surface area (Å²) in [6.45, 7) is 5.38. The number of pyridine rings is 1. The molecule has 1 aliphatic carbocycles. The number of nitrogens with one attached hydrogen (secondary N) is 1. The molecule has 4 rings (SSSR count). The molecule has 1 aromatic carbocycles. The van der Waals surface area contributed by atoms with Gasteiger partial charge < -0.3 is 15.0 Å². The molecule has 1 saturated carbocycles. The smallest absolute Gasteiger partial charge is 0.224 e. The topological polar surface area (TPSA) is 54.5 Å². The van der Waals surface area contributed by atoms with Crippen LogP contribution in [-0.2, 0) is 11.2 Å². The molecule has 0 bridgehead atoms. The molecule has 2 aliphatic rings. The van der Waals surface area contributed by atoms with Crippen LogP contribution in [0.5, 0.6) is 5.75 Å². The molecule has 0 radical (unpaired) electrons. The first-order chi connectivity index (χ1) is 15.2. The van der Waals surface area contributed by atoms with Crippen molar-refractivity contribution in [3.63, 3.8) is 0 Å². The Bertz CT molecular complexity index is 818. The molecule has 166 valence electrons. The van der Waals surface area contributed by atoms with Gasteiger partial charge in [-0.1, -0.05) is 43.2 Å². The minimum absolute atomic E-state index is 0.0369. The van der Waals surface area contributed by atoms with Crippen LogP contribution in [0.4, 0.5) is 0 Å². The van der Waals surface area contributed by atoms with Crippen molar-refractivity contribution >= 4 is 5.91 Å². The number of carbonyl (C=O) groups excluding carboxylic acids is 1. The second-order valence-electron chi connectivity index (χ2n) is 9.23. The highest BCUT2D eigenvalue weighted by molar-refractivity contribution is 5.79. The Kier molecular flexibility index (Phi) is 7.57. The third-order valence-electron chi connectivity index (χ3n) is 6.61. The molecule has 5 nitrogen and oxygen atoms in total. The molecule has 31 heavy (non-hydrogen) atoms. The summed E-state index contributed by atoms with van der Waals surface area (Å²) in [4.78, 5) is 19.8. The summed E-state index contributed by atoms with van der Waals surface area (Å²) in [7, 11) is 0. The fraction of sp³-hybridized carbons (Fsp3) is 0.538. The van der Waals surface area contributed by atoms with Crippen LogP contribution in [0.1, 0.15) is 43.4 Å². The van der Waals surface area contributed by atoms with E-state index in [4.69, 9.17) is 4.74 Å². The van der Waals surface area contributed by atoms with Crippen molar-refractivity contribution in [3.05, 3.63) is 59.9 Å². The van der Waals surface area contributed by atoms with Crippen LogP contribution in [0.25, 0.3) is 0 Å².